The third kappa shape index (κ3) is 11.0. The maximum Gasteiger partial charge on any atom is 0.263 e. The Morgan fingerprint density at radius 3 is 2.29 bits per heavy atom. The molecule has 4 aromatic heterocycles. The Morgan fingerprint density at radius 2 is 1.65 bits per heavy atom. The Kier molecular flexibility index (Phi) is 14.9. The van der Waals surface area contributed by atoms with Gasteiger partial charge >= 0.3 is 0 Å². The molecule has 17 nitrogen and oxygen atoms in total. The summed E-state index contributed by atoms with van der Waals surface area (Å²) in [5.74, 6) is -0.339. The van der Waals surface area contributed by atoms with Crippen molar-refractivity contribution in [3.05, 3.63) is 87.0 Å². The molecular formula is C51H65N11O6S. The average molecular weight is 960 g/mol. The van der Waals surface area contributed by atoms with Crippen LogP contribution in [-0.2, 0) is 14.4 Å². The average Bonchev–Trinajstić information content (AvgIpc) is 4.10. The van der Waals surface area contributed by atoms with Crippen LogP contribution in [0.4, 0.5) is 17.5 Å². The second kappa shape index (κ2) is 20.9. The molecule has 1 saturated carbocycles. The number of benzene rings is 1. The number of ketones is 1. The fraction of sp³-hybridized carbons (Fsp3) is 0.510. The molecule has 8 rings (SSSR count). The zero-order chi connectivity index (χ0) is 49.1. The van der Waals surface area contributed by atoms with E-state index in [1.165, 1.54) is 11.8 Å². The minimum Gasteiger partial charge on any atom is -0.391 e. The number of carbonyl (C=O) groups is 4. The largest absolute Gasteiger partial charge is 0.391 e. The van der Waals surface area contributed by atoms with Crippen molar-refractivity contribution in [1.82, 2.24) is 44.9 Å². The molecule has 18 heteroatoms. The molecule has 6 heterocycles. The van der Waals surface area contributed by atoms with E-state index in [4.69, 9.17) is 4.98 Å². The van der Waals surface area contributed by atoms with Crippen LogP contribution in [0.15, 0.2) is 59.1 Å². The summed E-state index contributed by atoms with van der Waals surface area (Å²) in [4.78, 5) is 92.9. The van der Waals surface area contributed by atoms with Gasteiger partial charge in [0, 0.05) is 63.2 Å². The summed E-state index contributed by atoms with van der Waals surface area (Å²) < 4.78 is 1.70. The number of hydrogen-bond acceptors (Lipinski definition) is 14. The molecule has 0 unspecified atom stereocenters. The molecule has 2 saturated heterocycles. The number of carbonyl (C=O) groups excluding carboxylic acids is 4. The molecule has 0 radical (unpaired) electrons. The molecule has 4 atom stereocenters. The molecule has 4 N–H and O–H groups in total. The topological polar surface area (TPSA) is 208 Å². The number of aliphatic hydroxyl groups excluding tert-OH is 1. The van der Waals surface area contributed by atoms with Crippen LogP contribution in [0.1, 0.15) is 119 Å². The van der Waals surface area contributed by atoms with E-state index in [1.807, 2.05) is 82.7 Å². The van der Waals surface area contributed by atoms with Crippen LogP contribution in [0.3, 0.4) is 0 Å². The number of aliphatic hydroxyl groups is 1. The summed E-state index contributed by atoms with van der Waals surface area (Å²) in [6, 6.07) is 9.75. The van der Waals surface area contributed by atoms with Gasteiger partial charge in [0.1, 0.15) is 23.5 Å². The molecule has 3 aliphatic rings. The van der Waals surface area contributed by atoms with Crippen molar-refractivity contribution < 1.29 is 24.3 Å². The first-order valence-electron chi connectivity index (χ1n) is 24.2. The predicted molar refractivity (Wildman–Crippen MR) is 268 cm³/mol. The minimum absolute atomic E-state index is 0.0104. The Bertz CT molecular complexity index is 2740. The molecular weight excluding hydrogens is 895 g/mol. The van der Waals surface area contributed by atoms with Gasteiger partial charge in [-0.2, -0.15) is 4.98 Å². The number of amides is 3. The lowest BCUT2D eigenvalue weighted by molar-refractivity contribution is -0.144. The number of anilines is 3. The number of aryl methyl sites for hydroxylation is 2. The lowest BCUT2D eigenvalue weighted by Gasteiger charge is -2.36. The van der Waals surface area contributed by atoms with E-state index in [0.29, 0.717) is 34.8 Å². The van der Waals surface area contributed by atoms with E-state index in [9.17, 15) is 29.1 Å². The SMILES string of the molecule is CC(=O)c1c(C)c2cnc(Nc3ccc(N4CCN(CCCC(=O)N[C@H](C(=O)N5C[C@H](O)C[C@H]5C(=O)N[C@@H](C)c5ccc(-c6scnc6C)cc5)C(C)(C)C)CC4)cn3)nc2n(C2CCCC2)c1=O. The number of likely N-dealkylation sites (tertiary alicyclic amines) is 1. The molecule has 5 aromatic rings. The molecule has 0 bridgehead atoms. The summed E-state index contributed by atoms with van der Waals surface area (Å²) in [5, 5.41) is 20.6. The number of aromatic nitrogens is 5. The van der Waals surface area contributed by atoms with Crippen LogP contribution in [0.2, 0.25) is 0 Å². The monoisotopic (exact) mass is 959 g/mol. The number of fused-ring (bicyclic) bond motifs is 1. The van der Waals surface area contributed by atoms with Crippen molar-refractivity contribution >= 4 is 63.3 Å². The third-order valence-corrected chi connectivity index (χ3v) is 14.9. The standard InChI is InChI=1S/C51H65N11O6S/c1-30-39-27-53-50(58-46(39)62(36-11-8-9-12-36)48(67)43(30)33(4)63)56-41-19-18-37(26-52-41)60-23-21-59(22-24-60)20-10-13-42(65)57-45(51(5,6)7)49(68)61-28-38(64)25-40(61)47(66)55-31(2)34-14-16-35(17-15-34)44-32(3)54-29-69-44/h14-19,26-27,29,31,36,38,40,45,64H,8-13,20-25,28H2,1-7H3,(H,55,66)(H,57,65)(H,52,53,56,58)/t31-,38+,40-,45+/m0/s1. The summed E-state index contributed by atoms with van der Waals surface area (Å²) >= 11 is 1.58. The van der Waals surface area contributed by atoms with Gasteiger partial charge in [0.05, 0.1) is 45.7 Å². The maximum atomic E-state index is 14.2. The van der Waals surface area contributed by atoms with Gasteiger partial charge < -0.3 is 30.9 Å². The van der Waals surface area contributed by atoms with Crippen molar-refractivity contribution in [3.63, 3.8) is 0 Å². The number of rotatable bonds is 15. The highest BCUT2D eigenvalue weighted by molar-refractivity contribution is 7.13. The number of nitrogens with one attached hydrogen (secondary N) is 3. The predicted octanol–water partition coefficient (Wildman–Crippen LogP) is 6.26. The second-order valence-electron chi connectivity index (χ2n) is 19.9. The summed E-state index contributed by atoms with van der Waals surface area (Å²) in [5.41, 5.74) is 6.11. The highest BCUT2D eigenvalue weighted by Gasteiger charge is 2.44. The van der Waals surface area contributed by atoms with Crippen molar-refractivity contribution in [2.45, 2.75) is 124 Å². The summed E-state index contributed by atoms with van der Waals surface area (Å²) in [6.07, 6.45) is 7.38. The van der Waals surface area contributed by atoms with E-state index >= 15 is 0 Å². The minimum atomic E-state index is -0.892. The Balaban J connectivity index is 0.808. The number of hydrogen-bond donors (Lipinski definition) is 4. The first-order chi connectivity index (χ1) is 33.0. The quantitative estimate of drug-likeness (QED) is 0.0856. The van der Waals surface area contributed by atoms with Crippen LogP contribution >= 0.6 is 11.3 Å². The van der Waals surface area contributed by atoms with Gasteiger partial charge in [0.15, 0.2) is 5.78 Å². The number of β-amino-alcohol motifs (C(OH)–C–C–N with tert-alkyl or cyclic N) is 1. The lowest BCUT2D eigenvalue weighted by atomic mass is 9.85. The Labute approximate surface area is 407 Å². The smallest absolute Gasteiger partial charge is 0.263 e. The highest BCUT2D eigenvalue weighted by atomic mass is 32.1. The van der Waals surface area contributed by atoms with Gasteiger partial charge in [0.25, 0.3) is 5.56 Å². The first kappa shape index (κ1) is 49.3. The molecule has 3 fully saturated rings. The van der Waals surface area contributed by atoms with E-state index in [1.54, 1.807) is 29.0 Å². The highest BCUT2D eigenvalue weighted by Crippen LogP contribution is 2.33. The number of piperazine rings is 1. The van der Waals surface area contributed by atoms with Crippen molar-refractivity contribution in [3.8, 4) is 10.4 Å². The van der Waals surface area contributed by atoms with Crippen LogP contribution in [-0.4, -0.2) is 120 Å². The van der Waals surface area contributed by atoms with E-state index in [-0.39, 0.29) is 66.1 Å². The normalized spacial score (nSPS) is 18.9. The molecule has 2 aliphatic heterocycles. The van der Waals surface area contributed by atoms with E-state index < -0.39 is 23.6 Å². The molecule has 3 amide bonds. The van der Waals surface area contributed by atoms with Crippen molar-refractivity contribution in [2.75, 3.05) is 49.5 Å². The number of nitrogens with zero attached hydrogens (tertiary/aromatic N) is 8. The fourth-order valence-corrected chi connectivity index (χ4v) is 10.8. The molecule has 1 aliphatic carbocycles. The number of Topliss-reactive ketones (excluding diaryl/α,β-unsaturated/α-hetero) is 1. The van der Waals surface area contributed by atoms with Gasteiger partial charge in [-0.3, -0.25) is 33.4 Å². The molecule has 0 spiro atoms. The van der Waals surface area contributed by atoms with Crippen LogP contribution in [0.25, 0.3) is 21.5 Å². The van der Waals surface area contributed by atoms with Crippen LogP contribution in [0.5, 0.6) is 0 Å². The van der Waals surface area contributed by atoms with Gasteiger partial charge in [-0.05, 0) is 87.7 Å². The lowest BCUT2D eigenvalue weighted by Crippen LogP contribution is -2.57. The second-order valence-corrected chi connectivity index (χ2v) is 20.8. The molecule has 1 aromatic carbocycles. The summed E-state index contributed by atoms with van der Waals surface area (Å²) in [6.45, 7) is 16.7. The van der Waals surface area contributed by atoms with Crippen molar-refractivity contribution in [1.29, 1.82) is 0 Å². The van der Waals surface area contributed by atoms with Crippen molar-refractivity contribution in [2.24, 2.45) is 5.41 Å². The maximum absolute atomic E-state index is 14.2. The van der Waals surface area contributed by atoms with Gasteiger partial charge in [-0.15, -0.1) is 11.3 Å². The van der Waals surface area contributed by atoms with Crippen LogP contribution < -0.4 is 26.4 Å². The van der Waals surface area contributed by atoms with Crippen LogP contribution in [0, 0.1) is 19.3 Å². The molecule has 69 heavy (non-hydrogen) atoms. The summed E-state index contributed by atoms with van der Waals surface area (Å²) in [7, 11) is 0. The number of pyridine rings is 2. The zero-order valence-electron chi connectivity index (χ0n) is 40.7. The molecule has 366 valence electrons. The van der Waals surface area contributed by atoms with Gasteiger partial charge in [0.2, 0.25) is 23.7 Å². The van der Waals surface area contributed by atoms with E-state index in [2.05, 4.69) is 40.7 Å². The third-order valence-electron chi connectivity index (χ3n) is 13.9. The zero-order valence-corrected chi connectivity index (χ0v) is 41.6. The van der Waals surface area contributed by atoms with Gasteiger partial charge in [-0.25, -0.2) is 15.0 Å². The Hall–Kier alpha value is -6.11. The Morgan fingerprint density at radius 1 is 0.928 bits per heavy atom. The first-order valence-corrected chi connectivity index (χ1v) is 25.1. The fourth-order valence-electron chi connectivity index (χ4n) is 10.0. The van der Waals surface area contributed by atoms with Gasteiger partial charge in [-0.1, -0.05) is 57.9 Å². The number of thiazole rings is 1. The van der Waals surface area contributed by atoms with E-state index in [0.717, 1.165) is 85.8 Å².